The van der Waals surface area contributed by atoms with Crippen LogP contribution in [0.3, 0.4) is 0 Å². The second-order valence-electron chi connectivity index (χ2n) is 5.06. The van der Waals surface area contributed by atoms with Crippen molar-refractivity contribution in [1.82, 2.24) is 19.8 Å². The zero-order valence-electron chi connectivity index (χ0n) is 11.7. The van der Waals surface area contributed by atoms with Gasteiger partial charge in [-0.3, -0.25) is 9.48 Å². The molecule has 0 bridgehead atoms. The van der Waals surface area contributed by atoms with Gasteiger partial charge in [0.2, 0.25) is 10.0 Å². The van der Waals surface area contributed by atoms with Gasteiger partial charge in [0, 0.05) is 18.8 Å². The summed E-state index contributed by atoms with van der Waals surface area (Å²) in [5, 5.41) is 15.7. The standard InChI is InChI=1S/C12H20N4O4S/c17-12(18)4-7-16-9-11(8-14-16)21(19,20)15-6-1-5-13-10-2-3-10/h8-10,13,15H,1-7H2,(H,17,18). The molecule has 0 spiro atoms. The van der Waals surface area contributed by atoms with Gasteiger partial charge in [-0.1, -0.05) is 0 Å². The number of carbonyl (C=O) groups is 1. The zero-order valence-corrected chi connectivity index (χ0v) is 12.5. The summed E-state index contributed by atoms with van der Waals surface area (Å²) >= 11 is 0. The van der Waals surface area contributed by atoms with Crippen molar-refractivity contribution in [3.05, 3.63) is 12.4 Å². The SMILES string of the molecule is O=C(O)CCn1cc(S(=O)(=O)NCCCNC2CC2)cn1. The number of aliphatic carboxylic acids is 1. The minimum Gasteiger partial charge on any atom is -0.481 e. The first-order chi connectivity index (χ1) is 9.97. The van der Waals surface area contributed by atoms with Gasteiger partial charge in [0.05, 0.1) is 19.2 Å². The Bertz CT molecular complexity index is 580. The molecule has 1 aliphatic carbocycles. The van der Waals surface area contributed by atoms with Crippen molar-refractivity contribution in [3.8, 4) is 0 Å². The fourth-order valence-electron chi connectivity index (χ4n) is 1.79. The second kappa shape index (κ2) is 7.01. The van der Waals surface area contributed by atoms with Gasteiger partial charge in [-0.2, -0.15) is 5.10 Å². The molecule has 1 aliphatic rings. The zero-order chi connectivity index (χ0) is 15.3. The van der Waals surface area contributed by atoms with E-state index in [1.54, 1.807) is 0 Å². The number of carboxylic acid groups (broad SMARTS) is 1. The first kappa shape index (κ1) is 15.9. The molecule has 0 aliphatic heterocycles. The van der Waals surface area contributed by atoms with Gasteiger partial charge >= 0.3 is 5.97 Å². The summed E-state index contributed by atoms with van der Waals surface area (Å²) < 4.78 is 27.8. The van der Waals surface area contributed by atoms with E-state index in [-0.39, 0.29) is 17.9 Å². The Morgan fingerprint density at radius 2 is 2.19 bits per heavy atom. The Hall–Kier alpha value is -1.45. The van der Waals surface area contributed by atoms with Crippen LogP contribution in [0.15, 0.2) is 17.3 Å². The lowest BCUT2D eigenvalue weighted by Crippen LogP contribution is -2.27. The van der Waals surface area contributed by atoms with E-state index in [9.17, 15) is 13.2 Å². The average molecular weight is 316 g/mol. The molecule has 3 N–H and O–H groups in total. The lowest BCUT2D eigenvalue weighted by molar-refractivity contribution is -0.137. The lowest BCUT2D eigenvalue weighted by Gasteiger charge is -2.05. The number of nitrogens with zero attached hydrogens (tertiary/aromatic N) is 2. The molecule has 0 atom stereocenters. The molecule has 0 radical (unpaired) electrons. The van der Waals surface area contributed by atoms with Gasteiger partial charge in [-0.15, -0.1) is 0 Å². The molecule has 0 saturated heterocycles. The number of carboxylic acids is 1. The maximum atomic E-state index is 12.0. The molecule has 2 rings (SSSR count). The Kier molecular flexibility index (Phi) is 5.32. The van der Waals surface area contributed by atoms with Crippen molar-refractivity contribution >= 4 is 16.0 Å². The van der Waals surface area contributed by atoms with Gasteiger partial charge in [0.1, 0.15) is 4.90 Å². The van der Waals surface area contributed by atoms with Gasteiger partial charge in [-0.25, -0.2) is 13.1 Å². The predicted octanol–water partition coefficient (Wildman–Crippen LogP) is -0.222. The highest BCUT2D eigenvalue weighted by Gasteiger charge is 2.20. The van der Waals surface area contributed by atoms with Crippen molar-refractivity contribution < 1.29 is 18.3 Å². The van der Waals surface area contributed by atoms with Crippen molar-refractivity contribution in [2.45, 2.75) is 43.2 Å². The van der Waals surface area contributed by atoms with Gasteiger partial charge in [-0.05, 0) is 25.8 Å². The highest BCUT2D eigenvalue weighted by molar-refractivity contribution is 7.89. The van der Waals surface area contributed by atoms with E-state index in [2.05, 4.69) is 15.1 Å². The van der Waals surface area contributed by atoms with Crippen LogP contribution in [0.4, 0.5) is 0 Å². The van der Waals surface area contributed by atoms with Crippen molar-refractivity contribution in [2.75, 3.05) is 13.1 Å². The third-order valence-corrected chi connectivity index (χ3v) is 4.55. The van der Waals surface area contributed by atoms with E-state index in [1.807, 2.05) is 0 Å². The fourth-order valence-corrected chi connectivity index (χ4v) is 2.81. The normalized spacial score (nSPS) is 15.2. The molecule has 0 unspecified atom stereocenters. The van der Waals surface area contributed by atoms with Crippen LogP contribution in [-0.2, 0) is 21.4 Å². The third kappa shape index (κ3) is 5.44. The summed E-state index contributed by atoms with van der Waals surface area (Å²) in [6.07, 6.45) is 5.62. The topological polar surface area (TPSA) is 113 Å². The maximum absolute atomic E-state index is 12.0. The number of hydrogen-bond donors (Lipinski definition) is 3. The first-order valence-electron chi connectivity index (χ1n) is 6.95. The molecular formula is C12H20N4O4S. The molecule has 1 aromatic rings. The van der Waals surface area contributed by atoms with Crippen LogP contribution in [0.5, 0.6) is 0 Å². The van der Waals surface area contributed by atoms with Gasteiger partial charge < -0.3 is 10.4 Å². The molecular weight excluding hydrogens is 296 g/mol. The van der Waals surface area contributed by atoms with Crippen LogP contribution in [0.1, 0.15) is 25.7 Å². The Morgan fingerprint density at radius 3 is 2.86 bits per heavy atom. The second-order valence-corrected chi connectivity index (χ2v) is 6.83. The predicted molar refractivity (Wildman–Crippen MR) is 75.3 cm³/mol. The Morgan fingerprint density at radius 1 is 1.43 bits per heavy atom. The minimum atomic E-state index is -3.57. The molecule has 1 saturated carbocycles. The van der Waals surface area contributed by atoms with Crippen LogP contribution in [0, 0.1) is 0 Å². The van der Waals surface area contributed by atoms with E-state index >= 15 is 0 Å². The number of rotatable bonds is 10. The summed E-state index contributed by atoms with van der Waals surface area (Å²) in [4.78, 5) is 10.5. The van der Waals surface area contributed by atoms with Crippen LogP contribution in [-0.4, -0.2) is 48.4 Å². The van der Waals surface area contributed by atoms with E-state index in [0.29, 0.717) is 12.6 Å². The highest BCUT2D eigenvalue weighted by Crippen LogP contribution is 2.18. The largest absolute Gasteiger partial charge is 0.481 e. The Balaban J connectivity index is 1.76. The molecule has 21 heavy (non-hydrogen) atoms. The van der Waals surface area contributed by atoms with E-state index in [0.717, 1.165) is 13.0 Å². The molecule has 8 nitrogen and oxygen atoms in total. The van der Waals surface area contributed by atoms with Crippen molar-refractivity contribution in [1.29, 1.82) is 0 Å². The number of hydrogen-bond acceptors (Lipinski definition) is 5. The number of aryl methyl sites for hydroxylation is 1. The lowest BCUT2D eigenvalue weighted by atomic mass is 10.4. The van der Waals surface area contributed by atoms with E-state index in [1.165, 1.54) is 29.9 Å². The third-order valence-electron chi connectivity index (χ3n) is 3.13. The molecule has 1 heterocycles. The molecule has 1 fully saturated rings. The molecule has 0 amide bonds. The number of sulfonamides is 1. The number of aromatic nitrogens is 2. The minimum absolute atomic E-state index is 0.0584. The summed E-state index contributed by atoms with van der Waals surface area (Å²) in [5.74, 6) is -0.948. The first-order valence-corrected chi connectivity index (χ1v) is 8.43. The highest BCUT2D eigenvalue weighted by atomic mass is 32.2. The summed E-state index contributed by atoms with van der Waals surface area (Å²) in [7, 11) is -3.57. The molecule has 0 aromatic carbocycles. The average Bonchev–Trinajstić information content (AvgIpc) is 3.11. The molecule has 9 heteroatoms. The van der Waals surface area contributed by atoms with E-state index in [4.69, 9.17) is 5.11 Å². The molecule has 1 aromatic heterocycles. The van der Waals surface area contributed by atoms with Gasteiger partial charge in [0.25, 0.3) is 0 Å². The summed E-state index contributed by atoms with van der Waals surface area (Å²) in [6.45, 7) is 1.31. The van der Waals surface area contributed by atoms with Crippen molar-refractivity contribution in [3.63, 3.8) is 0 Å². The van der Waals surface area contributed by atoms with Crippen LogP contribution >= 0.6 is 0 Å². The summed E-state index contributed by atoms with van der Waals surface area (Å²) in [5.41, 5.74) is 0. The van der Waals surface area contributed by atoms with Crippen molar-refractivity contribution in [2.24, 2.45) is 0 Å². The molecule has 118 valence electrons. The van der Waals surface area contributed by atoms with Gasteiger partial charge in [0.15, 0.2) is 0 Å². The number of nitrogens with one attached hydrogen (secondary N) is 2. The van der Waals surface area contributed by atoms with E-state index < -0.39 is 16.0 Å². The Labute approximate surface area is 123 Å². The smallest absolute Gasteiger partial charge is 0.305 e. The van der Waals surface area contributed by atoms with Crippen LogP contribution in [0.25, 0.3) is 0 Å². The van der Waals surface area contributed by atoms with Crippen LogP contribution in [0.2, 0.25) is 0 Å². The van der Waals surface area contributed by atoms with Crippen LogP contribution < -0.4 is 10.0 Å². The maximum Gasteiger partial charge on any atom is 0.305 e. The quantitative estimate of drug-likeness (QED) is 0.514. The monoisotopic (exact) mass is 316 g/mol. The summed E-state index contributed by atoms with van der Waals surface area (Å²) in [6, 6.07) is 0.620. The fraction of sp³-hybridized carbons (Fsp3) is 0.667.